The van der Waals surface area contributed by atoms with E-state index in [1.807, 2.05) is 29.2 Å². The number of para-hydroxylation sites is 2. The Balaban J connectivity index is 1.54. The monoisotopic (exact) mass is 323 g/mol. The number of imidazole rings is 1. The molecule has 1 fully saturated rings. The molecule has 0 bridgehead atoms. The molecule has 1 amide bonds. The molecule has 1 unspecified atom stereocenters. The molecule has 1 N–H and O–H groups in total. The molecule has 1 aliphatic heterocycles. The first-order chi connectivity index (χ1) is 11.7. The lowest BCUT2D eigenvalue weighted by Crippen LogP contribution is -2.39. The molecule has 1 atom stereocenters. The maximum Gasteiger partial charge on any atom is 0.253 e. The number of piperidine rings is 1. The van der Waals surface area contributed by atoms with Crippen LogP contribution < -0.4 is 0 Å². The van der Waals surface area contributed by atoms with Crippen LogP contribution in [0, 0.1) is 5.82 Å². The second-order valence-corrected chi connectivity index (χ2v) is 6.24. The number of hydrogen-bond donors (Lipinski definition) is 1. The first kappa shape index (κ1) is 14.9. The number of halogens is 1. The fourth-order valence-corrected chi connectivity index (χ4v) is 3.33. The highest BCUT2D eigenvalue weighted by Crippen LogP contribution is 2.27. The molecule has 1 aromatic heterocycles. The third-order valence-electron chi connectivity index (χ3n) is 4.59. The summed E-state index contributed by atoms with van der Waals surface area (Å²) in [6.07, 6.45) is 1.95. The lowest BCUT2D eigenvalue weighted by Gasteiger charge is -2.32. The zero-order valence-electron chi connectivity index (χ0n) is 13.2. The smallest absolute Gasteiger partial charge is 0.253 e. The third-order valence-corrected chi connectivity index (χ3v) is 4.59. The van der Waals surface area contributed by atoms with Gasteiger partial charge in [0.05, 0.1) is 11.0 Å². The van der Waals surface area contributed by atoms with E-state index in [1.165, 1.54) is 12.1 Å². The van der Waals surface area contributed by atoms with Crippen LogP contribution in [-0.4, -0.2) is 33.9 Å². The Kier molecular flexibility index (Phi) is 3.76. The van der Waals surface area contributed by atoms with Crippen molar-refractivity contribution in [1.29, 1.82) is 0 Å². The number of amides is 1. The molecule has 0 radical (unpaired) electrons. The van der Waals surface area contributed by atoms with Gasteiger partial charge in [-0.15, -0.1) is 0 Å². The van der Waals surface area contributed by atoms with E-state index in [9.17, 15) is 9.18 Å². The standard InChI is InChI=1S/C19H18FN3O/c20-15-9-7-13(8-10-15)19(24)23-11-3-4-14(12-23)18-21-16-5-1-2-6-17(16)22-18/h1-2,5-10,14H,3-4,11-12H2,(H,21,22). The summed E-state index contributed by atoms with van der Waals surface area (Å²) in [5.41, 5.74) is 2.51. The molecule has 2 aromatic carbocycles. The van der Waals surface area contributed by atoms with Crippen molar-refractivity contribution in [3.05, 3.63) is 65.7 Å². The second kappa shape index (κ2) is 6.07. The maximum atomic E-state index is 13.0. The number of hydrogen-bond acceptors (Lipinski definition) is 2. The number of fused-ring (bicyclic) bond motifs is 1. The highest BCUT2D eigenvalue weighted by Gasteiger charge is 2.27. The van der Waals surface area contributed by atoms with Gasteiger partial charge in [-0.25, -0.2) is 9.37 Å². The largest absolute Gasteiger partial charge is 0.342 e. The second-order valence-electron chi connectivity index (χ2n) is 6.24. The van der Waals surface area contributed by atoms with Gasteiger partial charge in [-0.3, -0.25) is 4.79 Å². The molecule has 4 rings (SSSR count). The van der Waals surface area contributed by atoms with E-state index >= 15 is 0 Å². The van der Waals surface area contributed by atoms with E-state index in [-0.39, 0.29) is 17.6 Å². The fourth-order valence-electron chi connectivity index (χ4n) is 3.33. The minimum atomic E-state index is -0.328. The molecule has 0 aliphatic carbocycles. The summed E-state index contributed by atoms with van der Waals surface area (Å²) in [5, 5.41) is 0. The summed E-state index contributed by atoms with van der Waals surface area (Å²) in [6, 6.07) is 13.7. The predicted molar refractivity (Wildman–Crippen MR) is 90.4 cm³/mol. The van der Waals surface area contributed by atoms with Gasteiger partial charge < -0.3 is 9.88 Å². The molecule has 3 aromatic rings. The molecular weight excluding hydrogens is 305 g/mol. The van der Waals surface area contributed by atoms with E-state index in [2.05, 4.69) is 9.97 Å². The van der Waals surface area contributed by atoms with E-state index in [0.29, 0.717) is 12.1 Å². The molecule has 4 nitrogen and oxygen atoms in total. The van der Waals surface area contributed by atoms with Crippen molar-refractivity contribution < 1.29 is 9.18 Å². The van der Waals surface area contributed by atoms with Crippen molar-refractivity contribution in [2.45, 2.75) is 18.8 Å². The number of H-pyrrole nitrogens is 1. The molecule has 0 saturated carbocycles. The number of carbonyl (C=O) groups excluding carboxylic acids is 1. The maximum absolute atomic E-state index is 13.0. The summed E-state index contributed by atoms with van der Waals surface area (Å²) in [7, 11) is 0. The van der Waals surface area contributed by atoms with Gasteiger partial charge in [-0.1, -0.05) is 12.1 Å². The number of nitrogens with zero attached hydrogens (tertiary/aromatic N) is 2. The van der Waals surface area contributed by atoms with Gasteiger partial charge in [0.1, 0.15) is 11.6 Å². The van der Waals surface area contributed by atoms with Crippen molar-refractivity contribution >= 4 is 16.9 Å². The Hall–Kier alpha value is -2.69. The van der Waals surface area contributed by atoms with Crippen LogP contribution in [-0.2, 0) is 0 Å². The summed E-state index contributed by atoms with van der Waals surface area (Å²) in [4.78, 5) is 22.5. The topological polar surface area (TPSA) is 49.0 Å². The van der Waals surface area contributed by atoms with Gasteiger partial charge in [0, 0.05) is 24.6 Å². The number of aromatic amines is 1. The zero-order chi connectivity index (χ0) is 16.5. The van der Waals surface area contributed by atoms with E-state index in [0.717, 1.165) is 36.2 Å². The van der Waals surface area contributed by atoms with Crippen LogP contribution in [0.1, 0.15) is 34.9 Å². The van der Waals surface area contributed by atoms with Crippen LogP contribution in [0.5, 0.6) is 0 Å². The van der Waals surface area contributed by atoms with Crippen molar-refractivity contribution in [3.63, 3.8) is 0 Å². The first-order valence-electron chi connectivity index (χ1n) is 8.20. The van der Waals surface area contributed by atoms with E-state index < -0.39 is 0 Å². The van der Waals surface area contributed by atoms with Crippen LogP contribution in [0.4, 0.5) is 4.39 Å². The fraction of sp³-hybridized carbons (Fsp3) is 0.263. The summed E-state index contributed by atoms with van der Waals surface area (Å²) < 4.78 is 13.0. The normalized spacial score (nSPS) is 18.0. The summed E-state index contributed by atoms with van der Waals surface area (Å²) >= 11 is 0. The number of benzene rings is 2. The molecule has 2 heterocycles. The Labute approximate surface area is 139 Å². The number of likely N-dealkylation sites (tertiary alicyclic amines) is 1. The van der Waals surface area contributed by atoms with Crippen LogP contribution in [0.2, 0.25) is 0 Å². The Bertz CT molecular complexity index is 839. The van der Waals surface area contributed by atoms with Crippen LogP contribution >= 0.6 is 0 Å². The quantitative estimate of drug-likeness (QED) is 0.781. The third kappa shape index (κ3) is 2.77. The Morgan fingerprint density at radius 1 is 1.17 bits per heavy atom. The van der Waals surface area contributed by atoms with E-state index in [1.54, 1.807) is 12.1 Å². The SMILES string of the molecule is O=C(c1ccc(F)cc1)N1CCCC(c2nc3ccccc3[nH]2)C1. The van der Waals surface area contributed by atoms with Crippen molar-refractivity contribution in [1.82, 2.24) is 14.9 Å². The van der Waals surface area contributed by atoms with Crippen LogP contribution in [0.25, 0.3) is 11.0 Å². The highest BCUT2D eigenvalue weighted by atomic mass is 19.1. The lowest BCUT2D eigenvalue weighted by molar-refractivity contribution is 0.0705. The van der Waals surface area contributed by atoms with Gasteiger partial charge in [0.15, 0.2) is 0 Å². The molecule has 24 heavy (non-hydrogen) atoms. The average Bonchev–Trinajstić information content (AvgIpc) is 3.06. The predicted octanol–water partition coefficient (Wildman–Crippen LogP) is 3.72. The van der Waals surface area contributed by atoms with Gasteiger partial charge in [0.25, 0.3) is 5.91 Å². The highest BCUT2D eigenvalue weighted by molar-refractivity contribution is 5.94. The zero-order valence-corrected chi connectivity index (χ0v) is 13.2. The van der Waals surface area contributed by atoms with Gasteiger partial charge >= 0.3 is 0 Å². The number of nitrogens with one attached hydrogen (secondary N) is 1. The summed E-state index contributed by atoms with van der Waals surface area (Å²) in [6.45, 7) is 1.36. The minimum Gasteiger partial charge on any atom is -0.342 e. The van der Waals surface area contributed by atoms with Gasteiger partial charge in [-0.05, 0) is 49.2 Å². The number of aromatic nitrogens is 2. The Morgan fingerprint density at radius 2 is 1.96 bits per heavy atom. The minimum absolute atomic E-state index is 0.0455. The molecular formula is C19H18FN3O. The number of rotatable bonds is 2. The van der Waals surface area contributed by atoms with Gasteiger partial charge in [-0.2, -0.15) is 0 Å². The lowest BCUT2D eigenvalue weighted by atomic mass is 9.96. The molecule has 122 valence electrons. The van der Waals surface area contributed by atoms with Crippen molar-refractivity contribution in [2.24, 2.45) is 0 Å². The molecule has 1 saturated heterocycles. The van der Waals surface area contributed by atoms with Crippen molar-refractivity contribution in [2.75, 3.05) is 13.1 Å². The van der Waals surface area contributed by atoms with E-state index in [4.69, 9.17) is 0 Å². The number of carbonyl (C=O) groups is 1. The van der Waals surface area contributed by atoms with Crippen molar-refractivity contribution in [3.8, 4) is 0 Å². The van der Waals surface area contributed by atoms with Crippen LogP contribution in [0.3, 0.4) is 0 Å². The average molecular weight is 323 g/mol. The van der Waals surface area contributed by atoms with Gasteiger partial charge in [0.2, 0.25) is 0 Å². The molecule has 1 aliphatic rings. The Morgan fingerprint density at radius 3 is 2.75 bits per heavy atom. The van der Waals surface area contributed by atoms with Crippen LogP contribution in [0.15, 0.2) is 48.5 Å². The first-order valence-corrected chi connectivity index (χ1v) is 8.20. The molecule has 5 heteroatoms. The summed E-state index contributed by atoms with van der Waals surface area (Å²) in [5.74, 6) is 0.768. The molecule has 0 spiro atoms.